The Kier molecular flexibility index (Phi) is 5.31. The molecule has 1 saturated heterocycles. The van der Waals surface area contributed by atoms with Crippen molar-refractivity contribution in [3.63, 3.8) is 0 Å². The smallest absolute Gasteiger partial charge is 0.317 e. The third-order valence-electron chi connectivity index (χ3n) is 3.87. The lowest BCUT2D eigenvalue weighted by atomic mass is 10.0. The summed E-state index contributed by atoms with van der Waals surface area (Å²) in [6.45, 7) is 3.39. The number of methoxy groups -OCH3 is 1. The van der Waals surface area contributed by atoms with Crippen LogP contribution in [0.2, 0.25) is 5.02 Å². The predicted octanol–water partition coefficient (Wildman–Crippen LogP) is 2.26. The molecule has 6 heteroatoms. The van der Waals surface area contributed by atoms with Crippen molar-refractivity contribution in [1.82, 2.24) is 10.2 Å². The van der Waals surface area contributed by atoms with Crippen LogP contribution in [0.3, 0.4) is 0 Å². The fourth-order valence-corrected chi connectivity index (χ4v) is 2.73. The zero-order valence-electron chi connectivity index (χ0n) is 12.3. The maximum absolute atomic E-state index is 12.1. The molecule has 0 spiro atoms. The maximum atomic E-state index is 12.1. The van der Waals surface area contributed by atoms with Crippen LogP contribution in [-0.2, 0) is 6.54 Å². The molecule has 0 saturated carbocycles. The third-order valence-corrected chi connectivity index (χ3v) is 4.10. The second-order valence-electron chi connectivity index (χ2n) is 5.35. The summed E-state index contributed by atoms with van der Waals surface area (Å²) in [4.78, 5) is 13.9. The Labute approximate surface area is 129 Å². The maximum Gasteiger partial charge on any atom is 0.317 e. The zero-order chi connectivity index (χ0) is 15.4. The van der Waals surface area contributed by atoms with Gasteiger partial charge in [-0.2, -0.15) is 0 Å². The van der Waals surface area contributed by atoms with E-state index in [1.54, 1.807) is 37.1 Å². The monoisotopic (exact) mass is 312 g/mol. The first-order chi connectivity index (χ1) is 10.0. The van der Waals surface area contributed by atoms with Gasteiger partial charge in [-0.05, 0) is 31.5 Å². The fourth-order valence-electron chi connectivity index (χ4n) is 2.53. The van der Waals surface area contributed by atoms with E-state index < -0.39 is 0 Å². The number of hydrogen-bond donors (Lipinski definition) is 2. The Bertz CT molecular complexity index is 508. The Morgan fingerprint density at radius 2 is 2.38 bits per heavy atom. The molecule has 0 aliphatic carbocycles. The minimum Gasteiger partial charge on any atom is -0.496 e. The highest BCUT2D eigenvalue weighted by Gasteiger charge is 2.28. The van der Waals surface area contributed by atoms with E-state index in [0.29, 0.717) is 30.4 Å². The molecule has 1 heterocycles. The Morgan fingerprint density at radius 1 is 1.62 bits per heavy atom. The minimum atomic E-state index is -0.379. The highest BCUT2D eigenvalue weighted by atomic mass is 35.5. The molecule has 1 aliphatic rings. The molecule has 1 aromatic carbocycles. The number of likely N-dealkylation sites (tertiary alicyclic amines) is 1. The van der Waals surface area contributed by atoms with Crippen molar-refractivity contribution in [2.24, 2.45) is 5.92 Å². The number of amides is 2. The number of nitrogens with zero attached hydrogens (tertiary/aromatic N) is 1. The first kappa shape index (κ1) is 15.9. The molecule has 0 radical (unpaired) electrons. The number of nitrogens with one attached hydrogen (secondary N) is 1. The Hall–Kier alpha value is -1.46. The second kappa shape index (κ2) is 7.00. The van der Waals surface area contributed by atoms with Crippen LogP contribution in [0.5, 0.6) is 5.75 Å². The van der Waals surface area contributed by atoms with Gasteiger partial charge in [0.2, 0.25) is 0 Å². The number of ether oxygens (including phenoxy) is 1. The van der Waals surface area contributed by atoms with Gasteiger partial charge < -0.3 is 20.1 Å². The zero-order valence-corrected chi connectivity index (χ0v) is 13.1. The average molecular weight is 313 g/mol. The van der Waals surface area contributed by atoms with Gasteiger partial charge in [0.1, 0.15) is 5.75 Å². The molecule has 1 aliphatic heterocycles. The molecule has 5 nitrogen and oxygen atoms in total. The van der Waals surface area contributed by atoms with Gasteiger partial charge >= 0.3 is 6.03 Å². The van der Waals surface area contributed by atoms with E-state index in [1.807, 2.05) is 0 Å². The average Bonchev–Trinajstić information content (AvgIpc) is 2.95. The molecule has 0 unspecified atom stereocenters. The van der Waals surface area contributed by atoms with E-state index in [1.165, 1.54) is 0 Å². The molecular weight excluding hydrogens is 292 g/mol. The number of aliphatic hydroxyl groups is 1. The number of benzene rings is 1. The van der Waals surface area contributed by atoms with Gasteiger partial charge in [0.15, 0.2) is 0 Å². The molecule has 2 atom stereocenters. The van der Waals surface area contributed by atoms with Gasteiger partial charge in [-0.25, -0.2) is 4.79 Å². The van der Waals surface area contributed by atoms with Crippen molar-refractivity contribution in [2.45, 2.75) is 26.0 Å². The van der Waals surface area contributed by atoms with Crippen molar-refractivity contribution in [3.05, 3.63) is 28.8 Å². The first-order valence-electron chi connectivity index (χ1n) is 7.04. The summed E-state index contributed by atoms with van der Waals surface area (Å²) < 4.78 is 5.25. The van der Waals surface area contributed by atoms with E-state index in [4.69, 9.17) is 16.3 Å². The molecular formula is C15H21ClN2O3. The van der Waals surface area contributed by atoms with Crippen LogP contribution < -0.4 is 10.1 Å². The van der Waals surface area contributed by atoms with Crippen LogP contribution >= 0.6 is 11.6 Å². The second-order valence-corrected chi connectivity index (χ2v) is 5.79. The highest BCUT2D eigenvalue weighted by Crippen LogP contribution is 2.23. The number of halogens is 1. The van der Waals surface area contributed by atoms with Crippen molar-refractivity contribution >= 4 is 17.6 Å². The minimum absolute atomic E-state index is 0.125. The van der Waals surface area contributed by atoms with Gasteiger partial charge in [0, 0.05) is 36.1 Å². The molecule has 116 valence electrons. The fraction of sp³-hybridized carbons (Fsp3) is 0.533. The number of urea groups is 1. The molecule has 2 amide bonds. The van der Waals surface area contributed by atoms with Crippen LogP contribution in [0.25, 0.3) is 0 Å². The lowest BCUT2D eigenvalue weighted by Gasteiger charge is -2.19. The lowest BCUT2D eigenvalue weighted by Crippen LogP contribution is -2.38. The summed E-state index contributed by atoms with van der Waals surface area (Å²) >= 11 is 5.96. The SMILES string of the molecule is COc1ccc(Cl)cc1CNC(=O)N1CC[C@@H]([C@H](C)O)C1. The molecule has 1 aromatic rings. The highest BCUT2D eigenvalue weighted by molar-refractivity contribution is 6.30. The number of rotatable bonds is 4. The van der Waals surface area contributed by atoms with Gasteiger partial charge in [0.05, 0.1) is 13.2 Å². The summed E-state index contributed by atoms with van der Waals surface area (Å²) in [6.07, 6.45) is 0.460. The normalized spacial score (nSPS) is 19.4. The standard InChI is InChI=1S/C15H21ClN2O3/c1-10(19)11-5-6-18(9-11)15(20)17-8-12-7-13(16)3-4-14(12)21-2/h3-4,7,10-11,19H,5-6,8-9H2,1-2H3,(H,17,20)/t10-,11+/m0/s1. The molecule has 1 fully saturated rings. The van der Waals surface area contributed by atoms with Crippen molar-refractivity contribution in [3.8, 4) is 5.75 Å². The van der Waals surface area contributed by atoms with E-state index in [0.717, 1.165) is 12.0 Å². The lowest BCUT2D eigenvalue weighted by molar-refractivity contribution is 0.129. The van der Waals surface area contributed by atoms with Gasteiger partial charge in [-0.1, -0.05) is 11.6 Å². The van der Waals surface area contributed by atoms with Gasteiger partial charge in [-0.3, -0.25) is 0 Å². The predicted molar refractivity (Wildman–Crippen MR) is 81.6 cm³/mol. The molecule has 2 rings (SSSR count). The van der Waals surface area contributed by atoms with Gasteiger partial charge in [0.25, 0.3) is 0 Å². The molecule has 21 heavy (non-hydrogen) atoms. The van der Waals surface area contributed by atoms with E-state index >= 15 is 0 Å². The van der Waals surface area contributed by atoms with E-state index in [-0.39, 0.29) is 18.1 Å². The van der Waals surface area contributed by atoms with Crippen molar-refractivity contribution < 1.29 is 14.6 Å². The Balaban J connectivity index is 1.91. The van der Waals surface area contributed by atoms with Crippen LogP contribution in [0.4, 0.5) is 4.79 Å². The first-order valence-corrected chi connectivity index (χ1v) is 7.42. The summed E-state index contributed by atoms with van der Waals surface area (Å²) in [5.41, 5.74) is 0.838. The summed E-state index contributed by atoms with van der Waals surface area (Å²) in [7, 11) is 1.59. The van der Waals surface area contributed by atoms with E-state index in [9.17, 15) is 9.90 Å². The number of carbonyl (C=O) groups is 1. The molecule has 2 N–H and O–H groups in total. The summed E-state index contributed by atoms with van der Waals surface area (Å²) in [5, 5.41) is 13.0. The largest absolute Gasteiger partial charge is 0.496 e. The summed E-state index contributed by atoms with van der Waals surface area (Å²) in [5.74, 6) is 0.861. The number of hydrogen-bond acceptors (Lipinski definition) is 3. The summed E-state index contributed by atoms with van der Waals surface area (Å²) in [6, 6.07) is 5.19. The van der Waals surface area contributed by atoms with Crippen LogP contribution in [0, 0.1) is 5.92 Å². The van der Waals surface area contributed by atoms with Crippen LogP contribution in [0.15, 0.2) is 18.2 Å². The topological polar surface area (TPSA) is 61.8 Å². The third kappa shape index (κ3) is 4.02. The van der Waals surface area contributed by atoms with Gasteiger partial charge in [-0.15, -0.1) is 0 Å². The number of carbonyl (C=O) groups excluding carboxylic acids is 1. The van der Waals surface area contributed by atoms with Crippen molar-refractivity contribution in [2.75, 3.05) is 20.2 Å². The molecule has 0 bridgehead atoms. The number of aliphatic hydroxyl groups excluding tert-OH is 1. The quantitative estimate of drug-likeness (QED) is 0.896. The van der Waals surface area contributed by atoms with Crippen LogP contribution in [0.1, 0.15) is 18.9 Å². The Morgan fingerprint density at radius 3 is 3.00 bits per heavy atom. The van der Waals surface area contributed by atoms with E-state index in [2.05, 4.69) is 5.32 Å². The van der Waals surface area contributed by atoms with Crippen molar-refractivity contribution in [1.29, 1.82) is 0 Å². The van der Waals surface area contributed by atoms with Crippen LogP contribution in [-0.4, -0.2) is 42.3 Å². The molecule has 0 aromatic heterocycles.